The number of esters is 1. The minimum atomic E-state index is -3.52. The number of hydrogen-bond donors (Lipinski definition) is 2. The van der Waals surface area contributed by atoms with Crippen LogP contribution in [-0.2, 0) is 20.5 Å². The molecular weight excluding hydrogens is 340 g/mol. The summed E-state index contributed by atoms with van der Waals surface area (Å²) in [4.78, 5) is 11.7. The van der Waals surface area contributed by atoms with Gasteiger partial charge in [0.25, 0.3) is 0 Å². The number of piperidine rings is 1. The summed E-state index contributed by atoms with van der Waals surface area (Å²) in [6.07, 6.45) is 0.763. The van der Waals surface area contributed by atoms with Gasteiger partial charge in [0, 0.05) is 6.04 Å². The molecule has 1 heterocycles. The summed E-state index contributed by atoms with van der Waals surface area (Å²) in [5.41, 5.74) is 0.733. The third-order valence-electron chi connectivity index (χ3n) is 3.88. The number of carbonyl (C=O) groups is 1. The van der Waals surface area contributed by atoms with Crippen LogP contribution >= 0.6 is 12.4 Å². The molecule has 1 aliphatic heterocycles. The van der Waals surface area contributed by atoms with E-state index < -0.39 is 16.0 Å². The molecule has 1 aliphatic rings. The van der Waals surface area contributed by atoms with Crippen LogP contribution in [0.4, 0.5) is 0 Å². The SMILES string of the molecule is COC(=O)c1ccccc1CS(=O)(=O)NC1CCNCC1C.Cl. The summed E-state index contributed by atoms with van der Waals surface area (Å²) >= 11 is 0. The Kier molecular flexibility index (Phi) is 7.47. The molecule has 8 heteroatoms. The van der Waals surface area contributed by atoms with Gasteiger partial charge >= 0.3 is 5.97 Å². The van der Waals surface area contributed by atoms with E-state index in [1.807, 2.05) is 6.92 Å². The van der Waals surface area contributed by atoms with Crippen molar-refractivity contribution in [3.05, 3.63) is 35.4 Å². The molecule has 2 unspecified atom stereocenters. The minimum Gasteiger partial charge on any atom is -0.465 e. The largest absolute Gasteiger partial charge is 0.465 e. The topological polar surface area (TPSA) is 84.5 Å². The van der Waals surface area contributed by atoms with Crippen LogP contribution in [0.15, 0.2) is 24.3 Å². The molecule has 130 valence electrons. The van der Waals surface area contributed by atoms with Gasteiger partial charge in [0.05, 0.1) is 18.4 Å². The van der Waals surface area contributed by atoms with Crippen molar-refractivity contribution in [2.24, 2.45) is 5.92 Å². The maximum atomic E-state index is 12.4. The van der Waals surface area contributed by atoms with Crippen LogP contribution in [0, 0.1) is 5.92 Å². The Labute approximate surface area is 143 Å². The lowest BCUT2D eigenvalue weighted by atomic mass is 9.97. The highest BCUT2D eigenvalue weighted by atomic mass is 35.5. The summed E-state index contributed by atoms with van der Waals surface area (Å²) in [7, 11) is -2.24. The minimum absolute atomic E-state index is 0. The van der Waals surface area contributed by atoms with E-state index in [0.717, 1.165) is 19.5 Å². The molecule has 0 saturated carbocycles. The molecule has 2 N–H and O–H groups in total. The molecule has 1 aromatic rings. The van der Waals surface area contributed by atoms with E-state index in [-0.39, 0.29) is 35.7 Å². The van der Waals surface area contributed by atoms with Gasteiger partial charge in [0.2, 0.25) is 10.0 Å². The predicted octanol–water partition coefficient (Wildman–Crippen LogP) is 1.31. The van der Waals surface area contributed by atoms with E-state index in [9.17, 15) is 13.2 Å². The van der Waals surface area contributed by atoms with Gasteiger partial charge in [-0.3, -0.25) is 0 Å². The fourth-order valence-corrected chi connectivity index (χ4v) is 4.18. The van der Waals surface area contributed by atoms with Crippen LogP contribution in [0.3, 0.4) is 0 Å². The summed E-state index contributed by atoms with van der Waals surface area (Å²) in [6.45, 7) is 3.62. The van der Waals surface area contributed by atoms with Crippen LogP contribution in [0.5, 0.6) is 0 Å². The number of rotatable bonds is 5. The Balaban J connectivity index is 0.00000264. The van der Waals surface area contributed by atoms with E-state index in [4.69, 9.17) is 4.74 Å². The Hall–Kier alpha value is -1.15. The van der Waals surface area contributed by atoms with E-state index >= 15 is 0 Å². The molecule has 23 heavy (non-hydrogen) atoms. The number of nitrogens with one attached hydrogen (secondary N) is 2. The number of hydrogen-bond acceptors (Lipinski definition) is 5. The first-order valence-electron chi connectivity index (χ1n) is 7.30. The molecule has 1 fully saturated rings. The lowest BCUT2D eigenvalue weighted by Crippen LogP contribution is -2.48. The zero-order chi connectivity index (χ0) is 16.2. The highest BCUT2D eigenvalue weighted by Crippen LogP contribution is 2.16. The standard InChI is InChI=1S/C15H22N2O4S.ClH/c1-11-9-16-8-7-14(11)17-22(19,20)10-12-5-3-4-6-13(12)15(18)21-2;/h3-6,11,14,16-17H,7-10H2,1-2H3;1H. The summed E-state index contributed by atoms with van der Waals surface area (Å²) in [5.74, 6) is -0.519. The molecule has 2 atom stereocenters. The molecule has 0 spiro atoms. The third-order valence-corrected chi connectivity index (χ3v) is 5.24. The van der Waals surface area contributed by atoms with Crippen molar-refractivity contribution < 1.29 is 17.9 Å². The monoisotopic (exact) mass is 362 g/mol. The summed E-state index contributed by atoms with van der Waals surface area (Å²) in [6, 6.07) is 6.53. The second-order valence-corrected chi connectivity index (χ2v) is 7.36. The van der Waals surface area contributed by atoms with Crippen LogP contribution in [0.1, 0.15) is 29.3 Å². The van der Waals surface area contributed by atoms with Crippen molar-refractivity contribution in [2.45, 2.75) is 25.1 Å². The first-order valence-corrected chi connectivity index (χ1v) is 8.95. The summed E-state index contributed by atoms with van der Waals surface area (Å²) in [5, 5.41) is 3.24. The molecule has 2 rings (SSSR count). The Bertz CT molecular complexity index is 636. The molecule has 0 aromatic heterocycles. The molecule has 0 radical (unpaired) electrons. The molecule has 1 aromatic carbocycles. The van der Waals surface area contributed by atoms with Gasteiger partial charge in [-0.15, -0.1) is 12.4 Å². The Morgan fingerprint density at radius 2 is 2.09 bits per heavy atom. The number of ether oxygens (including phenoxy) is 1. The Morgan fingerprint density at radius 3 is 2.74 bits per heavy atom. The van der Waals surface area contributed by atoms with Crippen molar-refractivity contribution in [1.29, 1.82) is 0 Å². The smallest absolute Gasteiger partial charge is 0.338 e. The van der Waals surface area contributed by atoms with Crippen molar-refractivity contribution >= 4 is 28.4 Å². The lowest BCUT2D eigenvalue weighted by Gasteiger charge is -2.30. The number of carbonyl (C=O) groups excluding carboxylic acids is 1. The van der Waals surface area contributed by atoms with Gasteiger partial charge < -0.3 is 10.1 Å². The van der Waals surface area contributed by atoms with E-state index in [1.54, 1.807) is 24.3 Å². The van der Waals surface area contributed by atoms with Gasteiger partial charge in [-0.2, -0.15) is 0 Å². The van der Waals surface area contributed by atoms with Crippen molar-refractivity contribution in [2.75, 3.05) is 20.2 Å². The molecular formula is C15H23ClN2O4S. The van der Waals surface area contributed by atoms with Crippen molar-refractivity contribution in [3.63, 3.8) is 0 Å². The third kappa shape index (κ3) is 5.46. The highest BCUT2D eigenvalue weighted by molar-refractivity contribution is 7.88. The average molecular weight is 363 g/mol. The van der Waals surface area contributed by atoms with Gasteiger partial charge in [0.1, 0.15) is 0 Å². The van der Waals surface area contributed by atoms with E-state index in [2.05, 4.69) is 10.0 Å². The van der Waals surface area contributed by atoms with E-state index in [1.165, 1.54) is 7.11 Å². The fraction of sp³-hybridized carbons (Fsp3) is 0.533. The maximum absolute atomic E-state index is 12.4. The second-order valence-electron chi connectivity index (χ2n) is 5.60. The summed E-state index contributed by atoms with van der Waals surface area (Å²) < 4.78 is 32.2. The first-order chi connectivity index (χ1) is 10.4. The van der Waals surface area contributed by atoms with Gasteiger partial charge in [0.15, 0.2) is 0 Å². The van der Waals surface area contributed by atoms with Gasteiger partial charge in [-0.05, 0) is 37.1 Å². The Morgan fingerprint density at radius 1 is 1.39 bits per heavy atom. The molecule has 0 bridgehead atoms. The van der Waals surface area contributed by atoms with Crippen molar-refractivity contribution in [1.82, 2.24) is 10.0 Å². The first kappa shape index (κ1) is 19.9. The van der Waals surface area contributed by atoms with Gasteiger partial charge in [-0.1, -0.05) is 25.1 Å². The second kappa shape index (κ2) is 8.63. The van der Waals surface area contributed by atoms with Crippen LogP contribution in [-0.4, -0.2) is 40.6 Å². The zero-order valence-corrected chi connectivity index (χ0v) is 14.9. The molecule has 0 amide bonds. The molecule has 6 nitrogen and oxygen atoms in total. The zero-order valence-electron chi connectivity index (χ0n) is 13.2. The highest BCUT2D eigenvalue weighted by Gasteiger charge is 2.26. The lowest BCUT2D eigenvalue weighted by molar-refractivity contribution is 0.0600. The number of halogens is 1. The maximum Gasteiger partial charge on any atom is 0.338 e. The molecule has 1 saturated heterocycles. The number of sulfonamides is 1. The van der Waals surface area contributed by atoms with Crippen molar-refractivity contribution in [3.8, 4) is 0 Å². The number of benzene rings is 1. The quantitative estimate of drug-likeness (QED) is 0.771. The van der Waals surface area contributed by atoms with Crippen LogP contribution < -0.4 is 10.0 Å². The number of methoxy groups -OCH3 is 1. The van der Waals surface area contributed by atoms with Crippen LogP contribution in [0.2, 0.25) is 0 Å². The average Bonchev–Trinajstić information content (AvgIpc) is 2.49. The predicted molar refractivity (Wildman–Crippen MR) is 91.2 cm³/mol. The van der Waals surface area contributed by atoms with E-state index in [0.29, 0.717) is 5.56 Å². The van der Waals surface area contributed by atoms with Crippen LogP contribution in [0.25, 0.3) is 0 Å². The molecule has 0 aliphatic carbocycles. The normalized spacial score (nSPS) is 21.3. The van der Waals surface area contributed by atoms with Gasteiger partial charge in [-0.25, -0.2) is 17.9 Å². The fourth-order valence-electron chi connectivity index (χ4n) is 2.62.